The maximum atomic E-state index is 13.8. The number of pyridine rings is 1. The molecule has 22 heavy (non-hydrogen) atoms. The molecule has 2 heterocycles. The average Bonchev–Trinajstić information content (AvgIpc) is 2.97. The lowest BCUT2D eigenvalue weighted by Gasteiger charge is -2.06. The van der Waals surface area contributed by atoms with E-state index in [0.717, 1.165) is 16.9 Å². The van der Waals surface area contributed by atoms with Crippen molar-refractivity contribution in [1.82, 2.24) is 9.38 Å². The molecule has 0 saturated heterocycles. The molecule has 0 spiro atoms. The zero-order valence-electron chi connectivity index (χ0n) is 12.4. The Labute approximate surface area is 128 Å². The second-order valence-electron chi connectivity index (χ2n) is 5.34. The van der Waals surface area contributed by atoms with Gasteiger partial charge in [0.2, 0.25) is 0 Å². The normalized spacial score (nSPS) is 11.0. The fourth-order valence-corrected chi connectivity index (χ4v) is 2.63. The van der Waals surface area contributed by atoms with Gasteiger partial charge < -0.3 is 4.40 Å². The highest BCUT2D eigenvalue weighted by Crippen LogP contribution is 2.13. The number of hydrogen-bond acceptors (Lipinski definition) is 2. The summed E-state index contributed by atoms with van der Waals surface area (Å²) in [6, 6.07) is 10.8. The van der Waals surface area contributed by atoms with Gasteiger partial charge in [-0.3, -0.25) is 4.79 Å². The summed E-state index contributed by atoms with van der Waals surface area (Å²) in [5.74, 6) is -0.172. The summed E-state index contributed by atoms with van der Waals surface area (Å²) in [6.45, 7) is 1.91. The summed E-state index contributed by atoms with van der Waals surface area (Å²) in [5.41, 5.74) is 3.12. The zero-order chi connectivity index (χ0) is 15.5. The highest BCUT2D eigenvalue weighted by atomic mass is 19.1. The van der Waals surface area contributed by atoms with E-state index < -0.39 is 0 Å². The Morgan fingerprint density at radius 3 is 2.86 bits per heavy atom. The van der Waals surface area contributed by atoms with Crippen LogP contribution in [-0.4, -0.2) is 15.2 Å². The molecule has 1 aromatic carbocycles. The first-order valence-corrected chi connectivity index (χ1v) is 7.37. The molecule has 3 nitrogen and oxygen atoms in total. The number of ketones is 1. The number of aryl methyl sites for hydroxylation is 1. The minimum absolute atomic E-state index is 0.0600. The number of nitrogens with zero attached hydrogens (tertiary/aromatic N) is 2. The third-order valence-corrected chi connectivity index (χ3v) is 3.79. The second kappa shape index (κ2) is 6.10. The lowest BCUT2D eigenvalue weighted by Crippen LogP contribution is -2.10. The number of benzene rings is 1. The lowest BCUT2D eigenvalue weighted by atomic mass is 10.0. The van der Waals surface area contributed by atoms with Crippen LogP contribution in [0.5, 0.6) is 0 Å². The molecule has 0 radical (unpaired) electrons. The standard InChI is InChI=1S/C18H17FN2O/c1-2-14-7-6-13(11-17(14)19)10-16(22)12-15-4-3-5-18-20-8-9-21(15)18/h3-9,11H,2,10,12H2,1H3. The molecule has 0 aliphatic carbocycles. The number of halogens is 1. The van der Waals surface area contributed by atoms with Gasteiger partial charge >= 0.3 is 0 Å². The third-order valence-electron chi connectivity index (χ3n) is 3.79. The molecular weight excluding hydrogens is 279 g/mol. The van der Waals surface area contributed by atoms with Crippen LogP contribution in [0.15, 0.2) is 48.8 Å². The van der Waals surface area contributed by atoms with Crippen LogP contribution in [0.1, 0.15) is 23.7 Å². The molecule has 0 aliphatic heterocycles. The second-order valence-corrected chi connectivity index (χ2v) is 5.34. The van der Waals surface area contributed by atoms with Gasteiger partial charge in [-0.25, -0.2) is 9.37 Å². The summed E-state index contributed by atoms with van der Waals surface area (Å²) >= 11 is 0. The number of fused-ring (bicyclic) bond motifs is 1. The van der Waals surface area contributed by atoms with Crippen molar-refractivity contribution in [3.8, 4) is 0 Å². The van der Waals surface area contributed by atoms with Crippen molar-refractivity contribution < 1.29 is 9.18 Å². The van der Waals surface area contributed by atoms with Gasteiger partial charge in [0.1, 0.15) is 17.2 Å². The Morgan fingerprint density at radius 2 is 2.09 bits per heavy atom. The first kappa shape index (κ1) is 14.4. The van der Waals surface area contributed by atoms with Gasteiger partial charge in [0.15, 0.2) is 0 Å². The molecule has 4 heteroatoms. The van der Waals surface area contributed by atoms with Crippen LogP contribution in [0.4, 0.5) is 4.39 Å². The average molecular weight is 296 g/mol. The SMILES string of the molecule is CCc1ccc(CC(=O)Cc2cccc3nccn23)cc1F. The van der Waals surface area contributed by atoms with Crippen molar-refractivity contribution in [2.75, 3.05) is 0 Å². The summed E-state index contributed by atoms with van der Waals surface area (Å²) in [4.78, 5) is 16.5. The predicted octanol–water partition coefficient (Wildman–Crippen LogP) is 3.39. The number of carbonyl (C=O) groups excluding carboxylic acids is 1. The van der Waals surface area contributed by atoms with Crippen LogP contribution in [0.2, 0.25) is 0 Å². The van der Waals surface area contributed by atoms with Crippen molar-refractivity contribution in [2.24, 2.45) is 0 Å². The molecule has 3 rings (SSSR count). The quantitative estimate of drug-likeness (QED) is 0.723. The molecule has 0 unspecified atom stereocenters. The van der Waals surface area contributed by atoms with E-state index in [2.05, 4.69) is 4.98 Å². The van der Waals surface area contributed by atoms with Crippen LogP contribution in [0, 0.1) is 5.82 Å². The van der Waals surface area contributed by atoms with Crippen molar-refractivity contribution in [3.05, 3.63) is 71.4 Å². The van der Waals surface area contributed by atoms with Gasteiger partial charge in [-0.2, -0.15) is 0 Å². The molecule has 2 aromatic heterocycles. The molecule has 0 bridgehead atoms. The first-order valence-electron chi connectivity index (χ1n) is 7.37. The van der Waals surface area contributed by atoms with Gasteiger partial charge in [0.05, 0.1) is 0 Å². The van der Waals surface area contributed by atoms with Gasteiger partial charge in [0, 0.05) is 30.9 Å². The number of hydrogen-bond donors (Lipinski definition) is 0. The molecule has 0 amide bonds. The molecule has 112 valence electrons. The Bertz CT molecular complexity index is 823. The monoisotopic (exact) mass is 296 g/mol. The van der Waals surface area contributed by atoms with E-state index in [9.17, 15) is 9.18 Å². The van der Waals surface area contributed by atoms with Gasteiger partial charge in [-0.1, -0.05) is 25.1 Å². The Balaban J connectivity index is 1.75. The topological polar surface area (TPSA) is 34.4 Å². The van der Waals surface area contributed by atoms with Gasteiger partial charge in [-0.05, 0) is 35.7 Å². The number of imidazole rings is 1. The van der Waals surface area contributed by atoms with Crippen LogP contribution in [0.25, 0.3) is 5.65 Å². The van der Waals surface area contributed by atoms with Gasteiger partial charge in [0.25, 0.3) is 0 Å². The zero-order valence-corrected chi connectivity index (χ0v) is 12.4. The fourth-order valence-electron chi connectivity index (χ4n) is 2.63. The van der Waals surface area contributed by atoms with Crippen molar-refractivity contribution in [2.45, 2.75) is 26.2 Å². The maximum Gasteiger partial charge on any atom is 0.143 e. The van der Waals surface area contributed by atoms with Crippen LogP contribution >= 0.6 is 0 Å². The number of rotatable bonds is 5. The minimum atomic E-state index is -0.232. The molecule has 0 aliphatic rings. The van der Waals surface area contributed by atoms with Crippen molar-refractivity contribution in [3.63, 3.8) is 0 Å². The number of aromatic nitrogens is 2. The third kappa shape index (κ3) is 2.91. The number of carbonyl (C=O) groups is 1. The Hall–Kier alpha value is -2.49. The van der Waals surface area contributed by atoms with Crippen molar-refractivity contribution >= 4 is 11.4 Å². The molecular formula is C18H17FN2O. The van der Waals surface area contributed by atoms with Crippen LogP contribution < -0.4 is 0 Å². The van der Waals surface area contributed by atoms with E-state index in [1.165, 1.54) is 6.07 Å². The van der Waals surface area contributed by atoms with Gasteiger partial charge in [-0.15, -0.1) is 0 Å². The van der Waals surface area contributed by atoms with E-state index >= 15 is 0 Å². The highest BCUT2D eigenvalue weighted by Gasteiger charge is 2.10. The number of Topliss-reactive ketones (excluding diaryl/α,β-unsaturated/α-hetero) is 1. The molecule has 3 aromatic rings. The van der Waals surface area contributed by atoms with Crippen LogP contribution in [-0.2, 0) is 24.1 Å². The minimum Gasteiger partial charge on any atom is -0.304 e. The van der Waals surface area contributed by atoms with E-state index in [-0.39, 0.29) is 18.0 Å². The smallest absolute Gasteiger partial charge is 0.143 e. The highest BCUT2D eigenvalue weighted by molar-refractivity contribution is 5.83. The van der Waals surface area contributed by atoms with E-state index in [1.807, 2.05) is 41.8 Å². The van der Waals surface area contributed by atoms with Crippen molar-refractivity contribution in [1.29, 1.82) is 0 Å². The molecule has 0 N–H and O–H groups in total. The molecule has 0 fully saturated rings. The summed E-state index contributed by atoms with van der Waals surface area (Å²) < 4.78 is 15.7. The maximum absolute atomic E-state index is 13.8. The van der Waals surface area contributed by atoms with E-state index in [0.29, 0.717) is 18.4 Å². The van der Waals surface area contributed by atoms with E-state index in [1.54, 1.807) is 12.3 Å². The summed E-state index contributed by atoms with van der Waals surface area (Å²) in [7, 11) is 0. The lowest BCUT2D eigenvalue weighted by molar-refractivity contribution is -0.117. The fraction of sp³-hybridized carbons (Fsp3) is 0.222. The molecule has 0 atom stereocenters. The Kier molecular flexibility index (Phi) is 4.00. The summed E-state index contributed by atoms with van der Waals surface area (Å²) in [5, 5.41) is 0. The molecule has 0 saturated carbocycles. The summed E-state index contributed by atoms with van der Waals surface area (Å²) in [6.07, 6.45) is 4.76. The largest absolute Gasteiger partial charge is 0.304 e. The predicted molar refractivity (Wildman–Crippen MR) is 83.4 cm³/mol. The Morgan fingerprint density at radius 1 is 1.23 bits per heavy atom. The first-order chi connectivity index (χ1) is 10.7. The van der Waals surface area contributed by atoms with E-state index in [4.69, 9.17) is 0 Å². The van der Waals surface area contributed by atoms with Crippen LogP contribution in [0.3, 0.4) is 0 Å².